The molecule has 0 bridgehead atoms. The molecule has 2 aromatic rings. The van der Waals surface area contributed by atoms with Gasteiger partial charge < -0.3 is 4.90 Å². The third-order valence-electron chi connectivity index (χ3n) is 4.21. The van der Waals surface area contributed by atoms with E-state index in [9.17, 15) is 21.6 Å². The summed E-state index contributed by atoms with van der Waals surface area (Å²) in [6.07, 6.45) is -0.914. The summed E-state index contributed by atoms with van der Waals surface area (Å²) in [6, 6.07) is 5.69. The van der Waals surface area contributed by atoms with E-state index in [1.807, 2.05) is 4.90 Å². The van der Waals surface area contributed by atoms with E-state index in [-0.39, 0.29) is 5.69 Å². The molecule has 1 aliphatic heterocycles. The minimum Gasteiger partial charge on any atom is -0.354 e. The second kappa shape index (κ2) is 7.77. The number of rotatable bonds is 2. The molecule has 10 heteroatoms. The fraction of sp³-hybridized carbons (Fsp3) is 0.333. The third-order valence-corrected chi connectivity index (χ3v) is 5.51. The molecule has 0 atom stereocenters. The van der Waals surface area contributed by atoms with Crippen molar-refractivity contribution in [1.29, 1.82) is 0 Å². The Bertz CT molecular complexity index is 986. The van der Waals surface area contributed by atoms with Gasteiger partial charge in [0.15, 0.2) is 0 Å². The molecule has 3 heterocycles. The number of nitrogens with zero attached hydrogens (tertiary/aromatic N) is 4. The minimum absolute atomic E-state index is 0.231. The Balaban J connectivity index is 1.64. The monoisotopic (exact) mass is 410 g/mol. The van der Waals surface area contributed by atoms with E-state index < -0.39 is 21.8 Å². The number of pyridine rings is 2. The summed E-state index contributed by atoms with van der Waals surface area (Å²) in [5.41, 5.74) is 0.00855. The van der Waals surface area contributed by atoms with Gasteiger partial charge in [0.05, 0.1) is 11.8 Å². The lowest BCUT2D eigenvalue weighted by atomic mass is 10.2. The molecule has 0 unspecified atom stereocenters. The predicted molar refractivity (Wildman–Crippen MR) is 98.1 cm³/mol. The smallest absolute Gasteiger partial charge is 0.354 e. The van der Waals surface area contributed by atoms with Crippen LogP contribution in [0.2, 0.25) is 0 Å². The van der Waals surface area contributed by atoms with E-state index in [0.717, 1.165) is 12.3 Å². The van der Waals surface area contributed by atoms with Crippen LogP contribution in [0.25, 0.3) is 0 Å². The van der Waals surface area contributed by atoms with Crippen molar-refractivity contribution in [3.8, 4) is 11.8 Å². The second-order valence-electron chi connectivity index (χ2n) is 6.23. The first-order valence-corrected chi connectivity index (χ1v) is 10.2. The predicted octanol–water partition coefficient (Wildman–Crippen LogP) is 1.98. The fourth-order valence-electron chi connectivity index (χ4n) is 2.67. The maximum atomic E-state index is 12.5. The van der Waals surface area contributed by atoms with Gasteiger partial charge in [0.2, 0.25) is 10.0 Å². The van der Waals surface area contributed by atoms with Gasteiger partial charge in [-0.15, -0.1) is 0 Å². The topological polar surface area (TPSA) is 66.4 Å². The summed E-state index contributed by atoms with van der Waals surface area (Å²) in [6.45, 7) is 1.89. The van der Waals surface area contributed by atoms with Gasteiger partial charge in [0.25, 0.3) is 0 Å². The summed E-state index contributed by atoms with van der Waals surface area (Å²) < 4.78 is 62.1. The summed E-state index contributed by atoms with van der Waals surface area (Å²) in [7, 11) is -3.18. The average molecular weight is 410 g/mol. The Morgan fingerprint density at radius 3 is 2.18 bits per heavy atom. The standard InChI is InChI=1S/C18H17F3N4O2S/c1-28(26,27)25-10-8-24(9-11-25)17-7-3-14(12-23-17)2-5-16-6-4-15(13-22-16)18(19,20)21/h3-4,6-7,12-13H,8-11H2,1H3. The molecule has 0 N–H and O–H groups in total. The molecule has 6 nitrogen and oxygen atoms in total. The van der Waals surface area contributed by atoms with E-state index in [1.165, 1.54) is 16.6 Å². The molecule has 1 saturated heterocycles. The first kappa shape index (κ1) is 20.1. The van der Waals surface area contributed by atoms with E-state index in [2.05, 4.69) is 21.8 Å². The number of sulfonamides is 1. The molecule has 0 aliphatic carbocycles. The third kappa shape index (κ3) is 4.99. The van der Waals surface area contributed by atoms with E-state index in [1.54, 1.807) is 18.3 Å². The maximum absolute atomic E-state index is 12.5. The van der Waals surface area contributed by atoms with Gasteiger partial charge in [-0.2, -0.15) is 17.5 Å². The Morgan fingerprint density at radius 2 is 1.68 bits per heavy atom. The SMILES string of the molecule is CS(=O)(=O)N1CCN(c2ccc(C#Cc3ccc(C(F)(F)F)cn3)cn2)CC1. The zero-order valence-electron chi connectivity index (χ0n) is 14.9. The van der Waals surface area contributed by atoms with Crippen LogP contribution >= 0.6 is 0 Å². The first-order valence-electron chi connectivity index (χ1n) is 8.34. The van der Waals surface area contributed by atoms with Crippen molar-refractivity contribution in [3.05, 3.63) is 53.5 Å². The molecule has 148 valence electrons. The molecular formula is C18H17F3N4O2S. The highest BCUT2D eigenvalue weighted by Gasteiger charge is 2.30. The minimum atomic E-state index is -4.43. The lowest BCUT2D eigenvalue weighted by Crippen LogP contribution is -2.48. The Hall–Kier alpha value is -2.64. The van der Waals surface area contributed by atoms with Gasteiger partial charge >= 0.3 is 6.18 Å². The lowest BCUT2D eigenvalue weighted by molar-refractivity contribution is -0.137. The van der Waals surface area contributed by atoms with Gasteiger partial charge in [-0.1, -0.05) is 5.92 Å². The molecule has 0 radical (unpaired) electrons. The Labute approximate surface area is 161 Å². The van der Waals surface area contributed by atoms with E-state index in [4.69, 9.17) is 0 Å². The van der Waals surface area contributed by atoms with Crippen molar-refractivity contribution in [2.24, 2.45) is 0 Å². The maximum Gasteiger partial charge on any atom is 0.417 e. The van der Waals surface area contributed by atoms with Gasteiger partial charge in [0, 0.05) is 44.1 Å². The zero-order chi connectivity index (χ0) is 20.4. The van der Waals surface area contributed by atoms with E-state index in [0.29, 0.717) is 37.6 Å². The van der Waals surface area contributed by atoms with Crippen LogP contribution in [0.15, 0.2) is 36.7 Å². The molecule has 3 rings (SSSR count). The number of anilines is 1. The number of hydrogen-bond donors (Lipinski definition) is 0. The van der Waals surface area contributed by atoms with Crippen LogP contribution < -0.4 is 4.90 Å². The van der Waals surface area contributed by atoms with Crippen LogP contribution in [0.3, 0.4) is 0 Å². The van der Waals surface area contributed by atoms with Gasteiger partial charge in [-0.3, -0.25) is 0 Å². The normalized spacial score (nSPS) is 15.8. The largest absolute Gasteiger partial charge is 0.417 e. The molecule has 1 fully saturated rings. The number of aromatic nitrogens is 2. The quantitative estimate of drug-likeness (QED) is 0.709. The molecule has 2 aromatic heterocycles. The van der Waals surface area contributed by atoms with Crippen LogP contribution in [0.1, 0.15) is 16.8 Å². The van der Waals surface area contributed by atoms with Crippen molar-refractivity contribution in [2.45, 2.75) is 6.18 Å². The fourth-order valence-corrected chi connectivity index (χ4v) is 3.49. The summed E-state index contributed by atoms with van der Waals surface area (Å²) in [4.78, 5) is 10.0. The van der Waals surface area contributed by atoms with Crippen LogP contribution in [-0.2, 0) is 16.2 Å². The van der Waals surface area contributed by atoms with Gasteiger partial charge in [-0.05, 0) is 30.2 Å². The Morgan fingerprint density at radius 1 is 0.964 bits per heavy atom. The highest BCUT2D eigenvalue weighted by molar-refractivity contribution is 7.88. The average Bonchev–Trinajstić information content (AvgIpc) is 2.66. The van der Waals surface area contributed by atoms with Crippen LogP contribution in [0.4, 0.5) is 19.0 Å². The summed E-state index contributed by atoms with van der Waals surface area (Å²) in [5.74, 6) is 6.23. The second-order valence-corrected chi connectivity index (χ2v) is 8.22. The van der Waals surface area contributed by atoms with Gasteiger partial charge in [0.1, 0.15) is 11.5 Å². The van der Waals surface area contributed by atoms with Crippen molar-refractivity contribution in [1.82, 2.24) is 14.3 Å². The van der Waals surface area contributed by atoms with Crippen LogP contribution in [0.5, 0.6) is 0 Å². The molecule has 0 saturated carbocycles. The molecule has 0 amide bonds. The lowest BCUT2D eigenvalue weighted by Gasteiger charge is -2.33. The van der Waals surface area contributed by atoms with E-state index >= 15 is 0 Å². The number of halogens is 3. The Kier molecular flexibility index (Phi) is 5.58. The highest BCUT2D eigenvalue weighted by atomic mass is 32.2. The summed E-state index contributed by atoms with van der Waals surface area (Å²) >= 11 is 0. The highest BCUT2D eigenvalue weighted by Crippen LogP contribution is 2.28. The molecule has 0 aromatic carbocycles. The van der Waals surface area contributed by atoms with Crippen molar-refractivity contribution >= 4 is 15.8 Å². The number of alkyl halides is 3. The number of piperazine rings is 1. The molecule has 0 spiro atoms. The van der Waals surface area contributed by atoms with Crippen LogP contribution in [-0.4, -0.2) is 55.1 Å². The van der Waals surface area contributed by atoms with Crippen molar-refractivity contribution in [3.63, 3.8) is 0 Å². The van der Waals surface area contributed by atoms with Crippen molar-refractivity contribution < 1.29 is 21.6 Å². The van der Waals surface area contributed by atoms with Gasteiger partial charge in [-0.25, -0.2) is 18.4 Å². The number of hydrogen-bond acceptors (Lipinski definition) is 5. The molecule has 28 heavy (non-hydrogen) atoms. The molecular weight excluding hydrogens is 393 g/mol. The zero-order valence-corrected chi connectivity index (χ0v) is 15.8. The molecule has 1 aliphatic rings. The van der Waals surface area contributed by atoms with Crippen molar-refractivity contribution in [2.75, 3.05) is 37.3 Å². The summed E-state index contributed by atoms with van der Waals surface area (Å²) in [5, 5.41) is 0. The first-order chi connectivity index (χ1) is 13.1. The van der Waals surface area contributed by atoms with Crippen LogP contribution in [0, 0.1) is 11.8 Å².